The molecule has 0 radical (unpaired) electrons. The van der Waals surface area contributed by atoms with E-state index in [1.807, 2.05) is 60.7 Å². The molecule has 3 nitrogen and oxygen atoms in total. The van der Waals surface area contributed by atoms with E-state index in [1.54, 1.807) is 0 Å². The molecule has 3 heteroatoms. The first-order valence-electron chi connectivity index (χ1n) is 9.39. The molecule has 0 bridgehead atoms. The Bertz CT molecular complexity index is 534. The molecule has 0 aliphatic carbocycles. The van der Waals surface area contributed by atoms with E-state index in [0.29, 0.717) is 0 Å². The highest BCUT2D eigenvalue weighted by atomic mass is 16.3. The van der Waals surface area contributed by atoms with Gasteiger partial charge in [0.05, 0.1) is 12.2 Å². The van der Waals surface area contributed by atoms with Gasteiger partial charge in [0.1, 0.15) is 0 Å². The zero-order chi connectivity index (χ0) is 18.1. The zero-order valence-corrected chi connectivity index (χ0v) is 15.3. The summed E-state index contributed by atoms with van der Waals surface area (Å²) in [6.07, 6.45) is 2.51. The highest BCUT2D eigenvalue weighted by Crippen LogP contribution is 2.25. The summed E-state index contributed by atoms with van der Waals surface area (Å²) < 4.78 is 0. The molecule has 0 aromatic heterocycles. The van der Waals surface area contributed by atoms with Crippen molar-refractivity contribution < 1.29 is 10.2 Å². The summed E-state index contributed by atoms with van der Waals surface area (Å²) in [5, 5.41) is 25.2. The van der Waals surface area contributed by atoms with E-state index in [2.05, 4.69) is 19.2 Å². The molecule has 0 saturated carbocycles. The lowest BCUT2D eigenvalue weighted by atomic mass is 9.93. The van der Waals surface area contributed by atoms with Crippen LogP contribution in [0.5, 0.6) is 0 Å². The number of hydrogen-bond donors (Lipinski definition) is 3. The van der Waals surface area contributed by atoms with Crippen molar-refractivity contribution >= 4 is 0 Å². The largest absolute Gasteiger partial charge is 0.387 e. The molecule has 3 N–H and O–H groups in total. The van der Waals surface area contributed by atoms with Crippen LogP contribution in [0.2, 0.25) is 0 Å². The van der Waals surface area contributed by atoms with Crippen LogP contribution < -0.4 is 5.32 Å². The monoisotopic (exact) mass is 341 g/mol. The summed E-state index contributed by atoms with van der Waals surface area (Å²) in [6.45, 7) is 4.24. The quantitative estimate of drug-likeness (QED) is 0.601. The number of nitrogens with one attached hydrogen (secondary N) is 1. The third kappa shape index (κ3) is 5.67. The Morgan fingerprint density at radius 2 is 1.04 bits per heavy atom. The molecule has 0 aliphatic heterocycles. The second kappa shape index (κ2) is 10.3. The van der Waals surface area contributed by atoms with Gasteiger partial charge in [0.25, 0.3) is 0 Å². The molecule has 0 aliphatic rings. The van der Waals surface area contributed by atoms with E-state index >= 15 is 0 Å². The van der Waals surface area contributed by atoms with Crippen LogP contribution in [0.4, 0.5) is 0 Å². The van der Waals surface area contributed by atoms with Crippen molar-refractivity contribution in [2.24, 2.45) is 0 Å². The van der Waals surface area contributed by atoms with Crippen LogP contribution in [0.25, 0.3) is 0 Å². The molecule has 0 spiro atoms. The van der Waals surface area contributed by atoms with E-state index in [9.17, 15) is 10.2 Å². The van der Waals surface area contributed by atoms with Crippen LogP contribution >= 0.6 is 0 Å². The van der Waals surface area contributed by atoms with Crippen LogP contribution in [0.15, 0.2) is 60.7 Å². The molecule has 0 heterocycles. The molecule has 2 rings (SSSR count). The third-order valence-electron chi connectivity index (χ3n) is 4.67. The molecule has 2 aromatic rings. The molecule has 4 atom stereocenters. The summed E-state index contributed by atoms with van der Waals surface area (Å²) in [5.41, 5.74) is 1.83. The molecule has 2 aromatic carbocycles. The van der Waals surface area contributed by atoms with Crippen molar-refractivity contribution in [3.05, 3.63) is 71.8 Å². The SMILES string of the molecule is CCC[C@H](N[C@H](CCC)[C@H](O)c1ccccc1)[C@H](O)c1ccccc1. The van der Waals surface area contributed by atoms with Crippen LogP contribution in [0, 0.1) is 0 Å². The van der Waals surface area contributed by atoms with Crippen LogP contribution in [0.3, 0.4) is 0 Å². The molecule has 0 unspecified atom stereocenters. The summed E-state index contributed by atoms with van der Waals surface area (Å²) in [7, 11) is 0. The second-order valence-corrected chi connectivity index (χ2v) is 6.67. The average molecular weight is 341 g/mol. The van der Waals surface area contributed by atoms with Crippen LogP contribution in [-0.4, -0.2) is 22.3 Å². The molecule has 25 heavy (non-hydrogen) atoms. The summed E-state index contributed by atoms with van der Waals surface area (Å²) in [5.74, 6) is 0. The minimum absolute atomic E-state index is 0.0812. The fraction of sp³-hybridized carbons (Fsp3) is 0.455. The van der Waals surface area contributed by atoms with Gasteiger partial charge < -0.3 is 15.5 Å². The van der Waals surface area contributed by atoms with Gasteiger partial charge in [-0.05, 0) is 24.0 Å². The zero-order valence-electron chi connectivity index (χ0n) is 15.3. The van der Waals surface area contributed by atoms with Gasteiger partial charge in [0.15, 0.2) is 0 Å². The molecule has 0 amide bonds. The van der Waals surface area contributed by atoms with E-state index in [1.165, 1.54) is 0 Å². The van der Waals surface area contributed by atoms with Crippen molar-refractivity contribution in [1.29, 1.82) is 0 Å². The minimum Gasteiger partial charge on any atom is -0.387 e. The number of rotatable bonds is 10. The van der Waals surface area contributed by atoms with Gasteiger partial charge in [-0.25, -0.2) is 0 Å². The number of aliphatic hydroxyl groups is 2. The van der Waals surface area contributed by atoms with Crippen molar-refractivity contribution in [3.63, 3.8) is 0 Å². The second-order valence-electron chi connectivity index (χ2n) is 6.67. The smallest absolute Gasteiger partial charge is 0.0943 e. The fourth-order valence-corrected chi connectivity index (χ4v) is 3.33. The Hall–Kier alpha value is -1.68. The minimum atomic E-state index is -0.580. The van der Waals surface area contributed by atoms with E-state index in [-0.39, 0.29) is 12.1 Å². The third-order valence-corrected chi connectivity index (χ3v) is 4.67. The van der Waals surface area contributed by atoms with Gasteiger partial charge in [-0.1, -0.05) is 87.4 Å². The average Bonchev–Trinajstić information content (AvgIpc) is 2.67. The van der Waals surface area contributed by atoms with Gasteiger partial charge in [0, 0.05) is 12.1 Å². The lowest BCUT2D eigenvalue weighted by molar-refractivity contribution is 0.0745. The Labute approximate surface area is 151 Å². The van der Waals surface area contributed by atoms with Crippen LogP contribution in [0.1, 0.15) is 62.9 Å². The Kier molecular flexibility index (Phi) is 8.13. The van der Waals surface area contributed by atoms with Gasteiger partial charge in [-0.15, -0.1) is 0 Å². The molecular weight excluding hydrogens is 310 g/mol. The fourth-order valence-electron chi connectivity index (χ4n) is 3.33. The Balaban J connectivity index is 2.15. The summed E-state index contributed by atoms with van der Waals surface area (Å²) in [6, 6.07) is 19.4. The Morgan fingerprint density at radius 3 is 1.36 bits per heavy atom. The highest BCUT2D eigenvalue weighted by Gasteiger charge is 2.27. The van der Waals surface area contributed by atoms with Gasteiger partial charge in [0.2, 0.25) is 0 Å². The molecular formula is C22H31NO2. The lowest BCUT2D eigenvalue weighted by Crippen LogP contribution is -2.45. The first-order chi connectivity index (χ1) is 12.2. The van der Waals surface area contributed by atoms with Gasteiger partial charge in [-0.3, -0.25) is 0 Å². The van der Waals surface area contributed by atoms with Crippen molar-refractivity contribution in [3.8, 4) is 0 Å². The maximum Gasteiger partial charge on any atom is 0.0943 e. The lowest BCUT2D eigenvalue weighted by Gasteiger charge is -2.32. The predicted octanol–water partition coefficient (Wildman–Crippen LogP) is 4.38. The number of hydrogen-bond acceptors (Lipinski definition) is 3. The first-order valence-corrected chi connectivity index (χ1v) is 9.39. The highest BCUT2D eigenvalue weighted by molar-refractivity contribution is 5.21. The first kappa shape index (κ1) is 19.6. The van der Waals surface area contributed by atoms with Crippen molar-refractivity contribution in [2.75, 3.05) is 0 Å². The van der Waals surface area contributed by atoms with Gasteiger partial charge in [-0.2, -0.15) is 0 Å². The maximum absolute atomic E-state index is 10.8. The standard InChI is InChI=1S/C22H31NO2/c1-3-11-19(21(24)17-13-7-5-8-14-17)23-20(12-4-2)22(25)18-15-9-6-10-16-18/h5-10,13-16,19-25H,3-4,11-12H2,1-2H3/t19-,20+,21-,22-/m1/s1. The molecule has 0 fully saturated rings. The number of benzene rings is 2. The predicted molar refractivity (Wildman–Crippen MR) is 103 cm³/mol. The van der Waals surface area contributed by atoms with Crippen molar-refractivity contribution in [2.45, 2.75) is 63.8 Å². The van der Waals surface area contributed by atoms with E-state index in [4.69, 9.17) is 0 Å². The summed E-state index contributed by atoms with van der Waals surface area (Å²) in [4.78, 5) is 0. The molecule has 136 valence electrons. The van der Waals surface area contributed by atoms with Crippen molar-refractivity contribution in [1.82, 2.24) is 5.32 Å². The van der Waals surface area contributed by atoms with E-state index < -0.39 is 12.2 Å². The topological polar surface area (TPSA) is 52.5 Å². The maximum atomic E-state index is 10.8. The van der Waals surface area contributed by atoms with Crippen LogP contribution in [-0.2, 0) is 0 Å². The molecule has 0 saturated heterocycles. The van der Waals surface area contributed by atoms with E-state index in [0.717, 1.165) is 36.8 Å². The summed E-state index contributed by atoms with van der Waals surface area (Å²) >= 11 is 0. The number of aliphatic hydroxyl groups excluding tert-OH is 2. The van der Waals surface area contributed by atoms with Gasteiger partial charge >= 0.3 is 0 Å². The normalized spacial score (nSPS) is 16.2. The Morgan fingerprint density at radius 1 is 0.680 bits per heavy atom.